The Hall–Kier alpha value is -3.67. The predicted octanol–water partition coefficient (Wildman–Crippen LogP) is 4.69. The number of ether oxygens (including phenoxy) is 1. The lowest BCUT2D eigenvalue weighted by Crippen LogP contribution is -2.39. The molecule has 2 amide bonds. The number of hydrogen-bond donors (Lipinski definition) is 2. The fourth-order valence-electron chi connectivity index (χ4n) is 4.16. The second kappa shape index (κ2) is 9.64. The van der Waals surface area contributed by atoms with E-state index in [0.717, 1.165) is 18.7 Å². The number of methoxy groups -OCH3 is 1. The van der Waals surface area contributed by atoms with E-state index >= 15 is 0 Å². The minimum absolute atomic E-state index is 0.0333. The van der Waals surface area contributed by atoms with Crippen LogP contribution in [0.25, 0.3) is 0 Å². The molecule has 4 rings (SSSR count). The number of fused-ring (bicyclic) bond motifs is 1. The van der Waals surface area contributed by atoms with E-state index in [4.69, 9.17) is 4.74 Å². The van der Waals surface area contributed by atoms with Crippen molar-refractivity contribution in [1.82, 2.24) is 5.32 Å². The van der Waals surface area contributed by atoms with Gasteiger partial charge in [0.15, 0.2) is 0 Å². The molecule has 3 aromatic carbocycles. The number of urea groups is 1. The molecular formula is C26H30N4O2. The first-order chi connectivity index (χ1) is 15.5. The molecule has 0 aliphatic carbocycles. The summed E-state index contributed by atoms with van der Waals surface area (Å²) >= 11 is 0. The number of benzene rings is 3. The van der Waals surface area contributed by atoms with Crippen LogP contribution in [0.5, 0.6) is 5.75 Å². The van der Waals surface area contributed by atoms with E-state index in [0.29, 0.717) is 18.0 Å². The Morgan fingerprint density at radius 2 is 1.84 bits per heavy atom. The minimum atomic E-state index is -0.236. The summed E-state index contributed by atoms with van der Waals surface area (Å²) in [5.41, 5.74) is 5.61. The van der Waals surface area contributed by atoms with Gasteiger partial charge in [-0.2, -0.15) is 0 Å². The minimum Gasteiger partial charge on any atom is -0.497 e. The van der Waals surface area contributed by atoms with Crippen LogP contribution in [0.3, 0.4) is 0 Å². The Morgan fingerprint density at radius 1 is 1.06 bits per heavy atom. The van der Waals surface area contributed by atoms with Gasteiger partial charge in [0.25, 0.3) is 0 Å². The highest BCUT2D eigenvalue weighted by molar-refractivity contribution is 5.89. The number of hydrogen-bond acceptors (Lipinski definition) is 4. The molecule has 32 heavy (non-hydrogen) atoms. The molecule has 1 unspecified atom stereocenters. The zero-order chi connectivity index (χ0) is 22.5. The topological polar surface area (TPSA) is 56.8 Å². The molecule has 3 aromatic rings. The normalized spacial score (nSPS) is 13.3. The molecule has 0 fully saturated rings. The molecule has 1 atom stereocenters. The SMILES string of the molecule is COc1cccc(NC(=O)NCC(c2ccc(N(C)C)cc2)N2CCc3ccccc32)c1. The average molecular weight is 431 g/mol. The molecule has 0 bridgehead atoms. The van der Waals surface area contributed by atoms with Crippen molar-refractivity contribution in [2.45, 2.75) is 12.5 Å². The molecule has 6 nitrogen and oxygen atoms in total. The largest absolute Gasteiger partial charge is 0.497 e. The van der Waals surface area contributed by atoms with Crippen LogP contribution in [0, 0.1) is 0 Å². The van der Waals surface area contributed by atoms with Gasteiger partial charge in [0, 0.05) is 50.3 Å². The Balaban J connectivity index is 1.52. The summed E-state index contributed by atoms with van der Waals surface area (Å²) in [4.78, 5) is 17.1. The monoisotopic (exact) mass is 430 g/mol. The van der Waals surface area contributed by atoms with Crippen molar-refractivity contribution in [3.63, 3.8) is 0 Å². The lowest BCUT2D eigenvalue weighted by atomic mass is 10.0. The van der Waals surface area contributed by atoms with Crippen molar-refractivity contribution < 1.29 is 9.53 Å². The summed E-state index contributed by atoms with van der Waals surface area (Å²) in [5.74, 6) is 0.704. The van der Waals surface area contributed by atoms with Gasteiger partial charge in [0.1, 0.15) is 5.75 Å². The fraction of sp³-hybridized carbons (Fsp3) is 0.269. The van der Waals surface area contributed by atoms with Gasteiger partial charge in [-0.3, -0.25) is 0 Å². The van der Waals surface area contributed by atoms with Crippen LogP contribution >= 0.6 is 0 Å². The van der Waals surface area contributed by atoms with Gasteiger partial charge in [0.05, 0.1) is 13.2 Å². The molecule has 6 heteroatoms. The highest BCUT2D eigenvalue weighted by Gasteiger charge is 2.27. The van der Waals surface area contributed by atoms with E-state index in [1.807, 2.05) is 32.3 Å². The van der Waals surface area contributed by atoms with Crippen LogP contribution in [-0.2, 0) is 6.42 Å². The molecular weight excluding hydrogens is 400 g/mol. The second-order valence-corrected chi connectivity index (χ2v) is 8.14. The smallest absolute Gasteiger partial charge is 0.319 e. The molecule has 1 heterocycles. The Kier molecular flexibility index (Phi) is 6.50. The van der Waals surface area contributed by atoms with E-state index in [9.17, 15) is 4.79 Å². The van der Waals surface area contributed by atoms with Crippen LogP contribution < -0.4 is 25.2 Å². The van der Waals surface area contributed by atoms with E-state index in [1.165, 1.54) is 16.8 Å². The van der Waals surface area contributed by atoms with E-state index in [-0.39, 0.29) is 12.1 Å². The molecule has 2 N–H and O–H groups in total. The summed E-state index contributed by atoms with van der Waals surface area (Å²) in [6, 6.07) is 24.2. The molecule has 1 aliphatic heterocycles. The van der Waals surface area contributed by atoms with Gasteiger partial charge < -0.3 is 25.2 Å². The third-order valence-electron chi connectivity index (χ3n) is 5.88. The van der Waals surface area contributed by atoms with Crippen LogP contribution in [0.4, 0.5) is 21.9 Å². The highest BCUT2D eigenvalue weighted by atomic mass is 16.5. The lowest BCUT2D eigenvalue weighted by Gasteiger charge is -2.31. The van der Waals surface area contributed by atoms with Crippen molar-refractivity contribution in [3.8, 4) is 5.75 Å². The van der Waals surface area contributed by atoms with E-state index < -0.39 is 0 Å². The number of nitrogens with one attached hydrogen (secondary N) is 2. The van der Waals surface area contributed by atoms with Gasteiger partial charge in [0.2, 0.25) is 0 Å². The number of nitrogens with zero attached hydrogens (tertiary/aromatic N) is 2. The van der Waals surface area contributed by atoms with Gasteiger partial charge in [-0.25, -0.2) is 4.79 Å². The maximum atomic E-state index is 12.7. The Labute approximate surface area is 189 Å². The Morgan fingerprint density at radius 3 is 2.59 bits per heavy atom. The van der Waals surface area contributed by atoms with Gasteiger partial charge in [-0.15, -0.1) is 0 Å². The molecule has 166 valence electrons. The molecule has 0 saturated carbocycles. The number of para-hydroxylation sites is 1. The van der Waals surface area contributed by atoms with Crippen LogP contribution in [0.1, 0.15) is 17.2 Å². The van der Waals surface area contributed by atoms with Crippen LogP contribution in [0.2, 0.25) is 0 Å². The summed E-state index contributed by atoms with van der Waals surface area (Å²) in [7, 11) is 5.68. The molecule has 0 aromatic heterocycles. The zero-order valence-electron chi connectivity index (χ0n) is 18.8. The number of carbonyl (C=O) groups excluding carboxylic acids is 1. The predicted molar refractivity (Wildman–Crippen MR) is 131 cm³/mol. The van der Waals surface area contributed by atoms with Crippen molar-refractivity contribution >= 4 is 23.1 Å². The van der Waals surface area contributed by atoms with E-state index in [1.54, 1.807) is 13.2 Å². The first kappa shape index (κ1) is 21.6. The first-order valence-corrected chi connectivity index (χ1v) is 10.9. The van der Waals surface area contributed by atoms with E-state index in [2.05, 4.69) is 69.0 Å². The van der Waals surface area contributed by atoms with Crippen LogP contribution in [0.15, 0.2) is 72.8 Å². The highest BCUT2D eigenvalue weighted by Crippen LogP contribution is 2.35. The lowest BCUT2D eigenvalue weighted by molar-refractivity contribution is 0.251. The Bertz CT molecular complexity index is 1070. The number of carbonyl (C=O) groups is 1. The average Bonchev–Trinajstić information content (AvgIpc) is 3.24. The van der Waals surface area contributed by atoms with Gasteiger partial charge in [-0.1, -0.05) is 36.4 Å². The summed E-state index contributed by atoms with van der Waals surface area (Å²) in [6.07, 6.45) is 1.01. The molecule has 0 saturated heterocycles. The standard InChI is InChI=1S/C26H30N4O2/c1-29(2)22-13-11-20(12-14-22)25(30-16-15-19-7-4-5-10-24(19)30)18-27-26(31)28-21-8-6-9-23(17-21)32-3/h4-14,17,25H,15-16,18H2,1-3H3,(H2,27,28,31). The van der Waals surface area contributed by atoms with Gasteiger partial charge in [-0.05, 0) is 47.9 Å². The fourth-order valence-corrected chi connectivity index (χ4v) is 4.16. The van der Waals surface area contributed by atoms with Crippen molar-refractivity contribution in [2.24, 2.45) is 0 Å². The molecule has 0 spiro atoms. The summed E-state index contributed by atoms with van der Waals surface area (Å²) in [5, 5.41) is 5.97. The molecule has 1 aliphatic rings. The third kappa shape index (κ3) is 4.80. The summed E-state index contributed by atoms with van der Waals surface area (Å²) in [6.45, 7) is 1.42. The van der Waals surface area contributed by atoms with Crippen molar-refractivity contribution in [1.29, 1.82) is 0 Å². The maximum absolute atomic E-state index is 12.7. The van der Waals surface area contributed by atoms with Crippen molar-refractivity contribution in [2.75, 3.05) is 49.4 Å². The first-order valence-electron chi connectivity index (χ1n) is 10.9. The summed E-state index contributed by atoms with van der Waals surface area (Å²) < 4.78 is 5.24. The number of anilines is 3. The maximum Gasteiger partial charge on any atom is 0.319 e. The van der Waals surface area contributed by atoms with Gasteiger partial charge >= 0.3 is 6.03 Å². The number of amides is 2. The molecule has 0 radical (unpaired) electrons. The van der Waals surface area contributed by atoms with Crippen molar-refractivity contribution in [3.05, 3.63) is 83.9 Å². The second-order valence-electron chi connectivity index (χ2n) is 8.14. The third-order valence-corrected chi connectivity index (χ3v) is 5.88. The zero-order valence-corrected chi connectivity index (χ0v) is 18.8. The van der Waals surface area contributed by atoms with Crippen LogP contribution in [-0.4, -0.2) is 40.3 Å². The number of rotatable bonds is 7. The quantitative estimate of drug-likeness (QED) is 0.571.